The van der Waals surface area contributed by atoms with Gasteiger partial charge in [0.15, 0.2) is 0 Å². The summed E-state index contributed by atoms with van der Waals surface area (Å²) in [6, 6.07) is 5.88. The van der Waals surface area contributed by atoms with Crippen LogP contribution in [0.25, 0.3) is 0 Å². The zero-order valence-corrected chi connectivity index (χ0v) is 12.3. The minimum Gasteiger partial charge on any atom is -0.496 e. The van der Waals surface area contributed by atoms with Crippen molar-refractivity contribution in [3.63, 3.8) is 0 Å². The molecule has 0 spiro atoms. The molecule has 0 radical (unpaired) electrons. The Morgan fingerprint density at radius 2 is 2.29 bits per heavy atom. The summed E-state index contributed by atoms with van der Waals surface area (Å²) >= 11 is 10.0. The van der Waals surface area contributed by atoms with Crippen LogP contribution in [0.15, 0.2) is 22.7 Å². The summed E-state index contributed by atoms with van der Waals surface area (Å²) in [4.78, 5) is 0. The Hall–Kier alpha value is -0.250. The van der Waals surface area contributed by atoms with Crippen molar-refractivity contribution in [3.8, 4) is 5.75 Å². The Labute approximate surface area is 115 Å². The van der Waals surface area contributed by atoms with E-state index in [2.05, 4.69) is 22.9 Å². The molecule has 0 saturated carbocycles. The molecular weight excluding hydrogens is 303 g/mol. The van der Waals surface area contributed by atoms with Crippen LogP contribution in [0.5, 0.6) is 5.75 Å². The second-order valence-corrected chi connectivity index (χ2v) is 5.87. The topological polar surface area (TPSA) is 18.5 Å². The maximum Gasteiger partial charge on any atom is 0.123 e. The van der Waals surface area contributed by atoms with Gasteiger partial charge in [0.05, 0.1) is 18.1 Å². The Kier molecular flexibility index (Phi) is 4.01. The molecule has 2 nitrogen and oxygen atoms in total. The van der Waals surface area contributed by atoms with Gasteiger partial charge in [-0.3, -0.25) is 0 Å². The van der Waals surface area contributed by atoms with Crippen molar-refractivity contribution in [1.82, 2.24) is 0 Å². The molecule has 2 unspecified atom stereocenters. The zero-order chi connectivity index (χ0) is 12.5. The summed E-state index contributed by atoms with van der Waals surface area (Å²) in [6.07, 6.45) is 2.05. The third-order valence-corrected chi connectivity index (χ3v) is 4.44. The molecule has 0 N–H and O–H groups in total. The largest absolute Gasteiger partial charge is 0.496 e. The predicted octanol–water partition coefficient (Wildman–Crippen LogP) is 4.31. The number of hydrogen-bond acceptors (Lipinski definition) is 2. The number of halogens is 2. The van der Waals surface area contributed by atoms with E-state index in [9.17, 15) is 0 Å². The molecule has 1 fully saturated rings. The first-order chi connectivity index (χ1) is 8.07. The Morgan fingerprint density at radius 1 is 1.53 bits per heavy atom. The quantitative estimate of drug-likeness (QED) is 0.773. The van der Waals surface area contributed by atoms with Crippen LogP contribution >= 0.6 is 27.5 Å². The Balaban J connectivity index is 2.35. The van der Waals surface area contributed by atoms with E-state index in [0.717, 1.165) is 35.2 Å². The number of ether oxygens (including phenoxy) is 2. The average molecular weight is 320 g/mol. The third-order valence-electron chi connectivity index (χ3n) is 3.25. The van der Waals surface area contributed by atoms with Crippen LogP contribution < -0.4 is 4.74 Å². The highest BCUT2D eigenvalue weighted by Crippen LogP contribution is 2.45. The van der Waals surface area contributed by atoms with E-state index in [1.807, 2.05) is 18.2 Å². The molecule has 1 heterocycles. The van der Waals surface area contributed by atoms with Gasteiger partial charge in [-0.05, 0) is 38.0 Å². The summed E-state index contributed by atoms with van der Waals surface area (Å²) in [5.74, 6) is 0.810. The minimum atomic E-state index is -0.296. The molecule has 4 heteroatoms. The monoisotopic (exact) mass is 318 g/mol. The first-order valence-electron chi connectivity index (χ1n) is 5.68. The summed E-state index contributed by atoms with van der Waals surface area (Å²) in [7, 11) is 1.66. The van der Waals surface area contributed by atoms with Gasteiger partial charge in [-0.1, -0.05) is 15.9 Å². The van der Waals surface area contributed by atoms with Gasteiger partial charge in [-0.25, -0.2) is 0 Å². The number of methoxy groups -OCH3 is 1. The van der Waals surface area contributed by atoms with Crippen LogP contribution in [0.3, 0.4) is 0 Å². The van der Waals surface area contributed by atoms with E-state index in [0.29, 0.717) is 0 Å². The van der Waals surface area contributed by atoms with E-state index >= 15 is 0 Å². The van der Waals surface area contributed by atoms with Crippen molar-refractivity contribution in [3.05, 3.63) is 28.2 Å². The van der Waals surface area contributed by atoms with Crippen LogP contribution in [0, 0.1) is 0 Å². The van der Waals surface area contributed by atoms with E-state index < -0.39 is 0 Å². The maximum absolute atomic E-state index is 6.58. The molecule has 1 aliphatic rings. The van der Waals surface area contributed by atoms with Crippen molar-refractivity contribution in [2.75, 3.05) is 13.7 Å². The van der Waals surface area contributed by atoms with Gasteiger partial charge < -0.3 is 9.47 Å². The standard InChI is InChI=1S/C13H16BrClO2/c1-13(6-3-7-17-13)12(15)10-8-9(14)4-5-11(10)16-2/h4-5,8,12H,3,6-7H2,1-2H3. The fourth-order valence-corrected chi connectivity index (χ4v) is 2.95. The zero-order valence-electron chi connectivity index (χ0n) is 10.0. The lowest BCUT2D eigenvalue weighted by Crippen LogP contribution is -2.29. The van der Waals surface area contributed by atoms with Gasteiger partial charge in [0, 0.05) is 16.6 Å². The normalized spacial score (nSPS) is 25.9. The van der Waals surface area contributed by atoms with Gasteiger partial charge in [-0.2, -0.15) is 0 Å². The van der Waals surface area contributed by atoms with Crippen molar-refractivity contribution in [2.45, 2.75) is 30.7 Å². The fourth-order valence-electron chi connectivity index (χ4n) is 2.23. The summed E-state index contributed by atoms with van der Waals surface area (Å²) in [5, 5.41) is -0.197. The molecule has 0 amide bonds. The fraction of sp³-hybridized carbons (Fsp3) is 0.538. The molecule has 94 valence electrons. The maximum atomic E-state index is 6.58. The number of benzene rings is 1. The molecule has 2 atom stereocenters. The number of alkyl halides is 1. The molecule has 1 aromatic rings. The second kappa shape index (κ2) is 5.17. The Morgan fingerprint density at radius 3 is 2.88 bits per heavy atom. The van der Waals surface area contributed by atoms with Crippen molar-refractivity contribution < 1.29 is 9.47 Å². The molecule has 0 bridgehead atoms. The van der Waals surface area contributed by atoms with E-state index in [4.69, 9.17) is 21.1 Å². The van der Waals surface area contributed by atoms with E-state index in [1.165, 1.54) is 0 Å². The van der Waals surface area contributed by atoms with Crippen molar-refractivity contribution in [1.29, 1.82) is 0 Å². The molecule has 17 heavy (non-hydrogen) atoms. The van der Waals surface area contributed by atoms with Crippen LogP contribution in [0.4, 0.5) is 0 Å². The molecular formula is C13H16BrClO2. The molecule has 0 aromatic heterocycles. The van der Waals surface area contributed by atoms with Gasteiger partial charge in [0.1, 0.15) is 5.75 Å². The van der Waals surface area contributed by atoms with E-state index in [1.54, 1.807) is 7.11 Å². The highest BCUT2D eigenvalue weighted by atomic mass is 79.9. The van der Waals surface area contributed by atoms with Crippen LogP contribution in [-0.2, 0) is 4.74 Å². The summed E-state index contributed by atoms with van der Waals surface area (Å²) < 4.78 is 12.2. The van der Waals surface area contributed by atoms with Gasteiger partial charge in [0.25, 0.3) is 0 Å². The third kappa shape index (κ3) is 2.61. The molecule has 1 aromatic carbocycles. The summed E-state index contributed by atoms with van der Waals surface area (Å²) in [5.41, 5.74) is 0.684. The average Bonchev–Trinajstić information content (AvgIpc) is 2.76. The molecule has 2 rings (SSSR count). The van der Waals surface area contributed by atoms with E-state index in [-0.39, 0.29) is 11.0 Å². The van der Waals surface area contributed by atoms with Gasteiger partial charge in [-0.15, -0.1) is 11.6 Å². The summed E-state index contributed by atoms with van der Waals surface area (Å²) in [6.45, 7) is 2.86. The SMILES string of the molecule is COc1ccc(Br)cc1C(Cl)C1(C)CCCO1. The van der Waals surface area contributed by atoms with Crippen LogP contribution in [0.1, 0.15) is 30.7 Å². The predicted molar refractivity (Wildman–Crippen MR) is 72.9 cm³/mol. The van der Waals surface area contributed by atoms with Gasteiger partial charge in [0.2, 0.25) is 0 Å². The molecule has 1 aliphatic heterocycles. The minimum absolute atomic E-state index is 0.197. The highest BCUT2D eigenvalue weighted by molar-refractivity contribution is 9.10. The first kappa shape index (κ1) is 13.2. The number of hydrogen-bond donors (Lipinski definition) is 0. The molecule has 0 aliphatic carbocycles. The van der Waals surface area contributed by atoms with Crippen LogP contribution in [0.2, 0.25) is 0 Å². The van der Waals surface area contributed by atoms with Crippen molar-refractivity contribution >= 4 is 27.5 Å². The highest BCUT2D eigenvalue weighted by Gasteiger charge is 2.39. The smallest absolute Gasteiger partial charge is 0.123 e. The first-order valence-corrected chi connectivity index (χ1v) is 6.91. The van der Waals surface area contributed by atoms with Crippen molar-refractivity contribution in [2.24, 2.45) is 0 Å². The number of rotatable bonds is 3. The lowest BCUT2D eigenvalue weighted by molar-refractivity contribution is 0.0159. The van der Waals surface area contributed by atoms with Crippen LogP contribution in [-0.4, -0.2) is 19.3 Å². The second-order valence-electron chi connectivity index (χ2n) is 4.51. The molecule has 1 saturated heterocycles. The van der Waals surface area contributed by atoms with Gasteiger partial charge >= 0.3 is 0 Å². The lowest BCUT2D eigenvalue weighted by Gasteiger charge is -2.30. The lowest BCUT2D eigenvalue weighted by atomic mass is 9.92. The Bertz CT molecular complexity index is 402.